The van der Waals surface area contributed by atoms with Crippen molar-refractivity contribution in [2.45, 2.75) is 52.1 Å². The van der Waals surface area contributed by atoms with E-state index < -0.39 is 0 Å². The van der Waals surface area contributed by atoms with Gasteiger partial charge in [-0.3, -0.25) is 14.2 Å². The summed E-state index contributed by atoms with van der Waals surface area (Å²) in [5.41, 5.74) is 2.34. The van der Waals surface area contributed by atoms with E-state index in [-0.39, 0.29) is 17.3 Å². The smallest absolute Gasteiger partial charge is 0.203 e. The summed E-state index contributed by atoms with van der Waals surface area (Å²) in [6, 6.07) is 1.57. The molecule has 0 N–H and O–H groups in total. The predicted molar refractivity (Wildman–Crippen MR) is 110 cm³/mol. The van der Waals surface area contributed by atoms with Gasteiger partial charge >= 0.3 is 0 Å². The van der Waals surface area contributed by atoms with E-state index in [1.54, 1.807) is 29.5 Å². The highest BCUT2D eigenvalue weighted by molar-refractivity contribution is 5.36. The summed E-state index contributed by atoms with van der Waals surface area (Å²) < 4.78 is 5.37. The lowest BCUT2D eigenvalue weighted by Gasteiger charge is -2.19. The van der Waals surface area contributed by atoms with Crippen LogP contribution in [0.2, 0.25) is 0 Å². The lowest BCUT2D eigenvalue weighted by molar-refractivity contribution is 0.634. The number of nitrogens with zero attached hydrogens (tertiary/aromatic N) is 7. The molecule has 0 spiro atoms. The van der Waals surface area contributed by atoms with Gasteiger partial charge in [0.25, 0.3) is 0 Å². The average molecular weight is 391 g/mol. The number of rotatable bonds is 6. The first kappa shape index (κ1) is 19.0. The standard InChI is InChI=1S/C21H25N7O/c1-4-26-13-18(12-23-26)28-10-9-19(29)20(24-28)15(3)16-7-6-8-17(11-16)21-22-14-27(5-2)25-21/h6-7,9-15,17H,4-5,8H2,1-3H3. The van der Waals surface area contributed by atoms with E-state index in [0.717, 1.165) is 36.6 Å². The molecule has 150 valence electrons. The van der Waals surface area contributed by atoms with Gasteiger partial charge in [0, 0.05) is 37.2 Å². The van der Waals surface area contributed by atoms with Crippen LogP contribution in [0.5, 0.6) is 0 Å². The zero-order chi connectivity index (χ0) is 20.4. The minimum atomic E-state index is -0.136. The normalized spacial score (nSPS) is 17.3. The molecular weight excluding hydrogens is 366 g/mol. The average Bonchev–Trinajstić information content (AvgIpc) is 3.43. The fraction of sp³-hybridized carbons (Fsp3) is 0.381. The van der Waals surface area contributed by atoms with Crippen molar-refractivity contribution < 1.29 is 0 Å². The number of aryl methyl sites for hydroxylation is 2. The fourth-order valence-electron chi connectivity index (χ4n) is 3.47. The molecule has 0 amide bonds. The Hall–Kier alpha value is -3.29. The highest BCUT2D eigenvalue weighted by atomic mass is 16.1. The lowest BCUT2D eigenvalue weighted by Crippen LogP contribution is -2.19. The summed E-state index contributed by atoms with van der Waals surface area (Å²) >= 11 is 0. The quantitative estimate of drug-likeness (QED) is 0.645. The van der Waals surface area contributed by atoms with Gasteiger partial charge in [0.2, 0.25) is 5.43 Å². The summed E-state index contributed by atoms with van der Waals surface area (Å²) in [4.78, 5) is 17.0. The van der Waals surface area contributed by atoms with E-state index in [1.165, 1.54) is 0 Å². The number of hydrogen-bond acceptors (Lipinski definition) is 5. The van der Waals surface area contributed by atoms with Crippen LogP contribution in [0.1, 0.15) is 50.5 Å². The van der Waals surface area contributed by atoms with Crippen molar-refractivity contribution in [3.05, 3.63) is 76.5 Å². The topological polar surface area (TPSA) is 83.4 Å². The van der Waals surface area contributed by atoms with Gasteiger partial charge in [0.15, 0.2) is 5.82 Å². The van der Waals surface area contributed by atoms with E-state index in [1.807, 2.05) is 36.3 Å². The second kappa shape index (κ2) is 7.98. The zero-order valence-electron chi connectivity index (χ0n) is 16.9. The highest BCUT2D eigenvalue weighted by Gasteiger charge is 2.22. The van der Waals surface area contributed by atoms with Gasteiger partial charge < -0.3 is 0 Å². The van der Waals surface area contributed by atoms with Crippen LogP contribution >= 0.6 is 0 Å². The molecule has 29 heavy (non-hydrogen) atoms. The monoisotopic (exact) mass is 391 g/mol. The maximum Gasteiger partial charge on any atom is 0.203 e. The van der Waals surface area contributed by atoms with Crippen LogP contribution in [-0.2, 0) is 13.1 Å². The molecule has 4 rings (SSSR count). The van der Waals surface area contributed by atoms with Gasteiger partial charge in [-0.1, -0.05) is 25.2 Å². The van der Waals surface area contributed by atoms with Crippen LogP contribution < -0.4 is 5.43 Å². The zero-order valence-corrected chi connectivity index (χ0v) is 16.9. The molecule has 3 aromatic heterocycles. The molecule has 1 aliphatic rings. The molecule has 3 aromatic rings. The van der Waals surface area contributed by atoms with E-state index in [9.17, 15) is 4.79 Å². The maximum absolute atomic E-state index is 12.6. The molecule has 0 aliphatic heterocycles. The van der Waals surface area contributed by atoms with Gasteiger partial charge in [-0.15, -0.1) is 0 Å². The first-order chi connectivity index (χ1) is 14.1. The second-order valence-electron chi connectivity index (χ2n) is 7.16. The molecule has 0 saturated heterocycles. The van der Waals surface area contributed by atoms with Crippen LogP contribution in [0.4, 0.5) is 0 Å². The number of aromatic nitrogens is 7. The van der Waals surface area contributed by atoms with Crippen molar-refractivity contribution in [3.63, 3.8) is 0 Å². The Balaban J connectivity index is 1.64. The summed E-state index contributed by atoms with van der Waals surface area (Å²) in [7, 11) is 0. The van der Waals surface area contributed by atoms with Crippen LogP contribution in [0.15, 0.2) is 59.6 Å². The molecule has 0 radical (unpaired) electrons. The highest BCUT2D eigenvalue weighted by Crippen LogP contribution is 2.31. The lowest BCUT2D eigenvalue weighted by atomic mass is 9.87. The molecule has 0 aromatic carbocycles. The summed E-state index contributed by atoms with van der Waals surface area (Å²) in [5, 5.41) is 13.4. The van der Waals surface area contributed by atoms with Crippen molar-refractivity contribution in [1.82, 2.24) is 34.3 Å². The van der Waals surface area contributed by atoms with Crippen molar-refractivity contribution in [2.24, 2.45) is 0 Å². The van der Waals surface area contributed by atoms with E-state index in [4.69, 9.17) is 0 Å². The summed E-state index contributed by atoms with van der Waals surface area (Å²) in [5.74, 6) is 0.786. The Labute approximate surface area is 169 Å². The van der Waals surface area contributed by atoms with Crippen molar-refractivity contribution in [2.75, 3.05) is 0 Å². The van der Waals surface area contributed by atoms with Crippen LogP contribution in [0.25, 0.3) is 5.69 Å². The molecule has 2 unspecified atom stereocenters. The largest absolute Gasteiger partial charge is 0.288 e. The van der Waals surface area contributed by atoms with Crippen LogP contribution in [0.3, 0.4) is 0 Å². The first-order valence-corrected chi connectivity index (χ1v) is 9.99. The Morgan fingerprint density at radius 2 is 2.03 bits per heavy atom. The second-order valence-corrected chi connectivity index (χ2v) is 7.16. The minimum absolute atomic E-state index is 0.0681. The SMILES string of the molecule is CCn1cc(-n2ccc(=O)c(C(C)C3=CC(c4ncn(CC)n4)CC=C3)n2)cn1. The van der Waals surface area contributed by atoms with Gasteiger partial charge in [0.05, 0.1) is 12.4 Å². The van der Waals surface area contributed by atoms with Crippen molar-refractivity contribution >= 4 is 0 Å². The molecule has 3 heterocycles. The van der Waals surface area contributed by atoms with Gasteiger partial charge in [-0.05, 0) is 25.8 Å². The first-order valence-electron chi connectivity index (χ1n) is 9.99. The van der Waals surface area contributed by atoms with Crippen LogP contribution in [0, 0.1) is 0 Å². The third-order valence-corrected chi connectivity index (χ3v) is 5.26. The Kier molecular flexibility index (Phi) is 5.24. The molecule has 0 fully saturated rings. The Morgan fingerprint density at radius 3 is 2.76 bits per heavy atom. The van der Waals surface area contributed by atoms with E-state index >= 15 is 0 Å². The summed E-state index contributed by atoms with van der Waals surface area (Å²) in [6.45, 7) is 7.66. The van der Waals surface area contributed by atoms with E-state index in [2.05, 4.69) is 38.5 Å². The van der Waals surface area contributed by atoms with Crippen molar-refractivity contribution in [3.8, 4) is 5.69 Å². The fourth-order valence-corrected chi connectivity index (χ4v) is 3.47. The maximum atomic E-state index is 12.6. The Morgan fingerprint density at radius 1 is 1.21 bits per heavy atom. The molecule has 0 bridgehead atoms. The van der Waals surface area contributed by atoms with Gasteiger partial charge in [0.1, 0.15) is 17.7 Å². The number of allylic oxidation sites excluding steroid dienone is 4. The molecule has 1 aliphatic carbocycles. The number of hydrogen-bond donors (Lipinski definition) is 0. The molecule has 0 saturated carbocycles. The van der Waals surface area contributed by atoms with E-state index in [0.29, 0.717) is 5.69 Å². The molecule has 2 atom stereocenters. The molecule has 8 nitrogen and oxygen atoms in total. The third-order valence-electron chi connectivity index (χ3n) is 5.26. The van der Waals surface area contributed by atoms with Gasteiger partial charge in [-0.25, -0.2) is 9.67 Å². The Bertz CT molecular complexity index is 1120. The molecule has 8 heteroatoms. The molecular formula is C21H25N7O. The van der Waals surface area contributed by atoms with Crippen LogP contribution in [-0.4, -0.2) is 34.3 Å². The van der Waals surface area contributed by atoms with Gasteiger partial charge in [-0.2, -0.15) is 15.3 Å². The third kappa shape index (κ3) is 3.83. The minimum Gasteiger partial charge on any atom is -0.288 e. The van der Waals surface area contributed by atoms with Crippen molar-refractivity contribution in [1.29, 1.82) is 0 Å². The summed E-state index contributed by atoms with van der Waals surface area (Å²) in [6.07, 6.45) is 14.3. The predicted octanol–water partition coefficient (Wildman–Crippen LogP) is 2.83.